The molecule has 1 N–H and O–H groups in total. The Hall–Kier alpha value is -3.21. The lowest BCUT2D eigenvalue weighted by Crippen LogP contribution is -2.56. The number of rotatable bonds is 6. The Morgan fingerprint density at radius 1 is 1.14 bits per heavy atom. The predicted molar refractivity (Wildman–Crippen MR) is 158 cm³/mol. The second kappa shape index (κ2) is 10.8. The van der Waals surface area contributed by atoms with E-state index in [4.69, 9.17) is 21.3 Å². The van der Waals surface area contributed by atoms with Crippen molar-refractivity contribution in [2.75, 3.05) is 44.4 Å². The molecule has 3 fully saturated rings. The van der Waals surface area contributed by atoms with Crippen LogP contribution in [0.1, 0.15) is 26.2 Å². The smallest absolute Gasteiger partial charge is 0.319 e. The molecule has 3 aliphatic rings. The van der Waals surface area contributed by atoms with E-state index in [0.29, 0.717) is 53.2 Å². The second-order valence-electron chi connectivity index (χ2n) is 11.8. The summed E-state index contributed by atoms with van der Waals surface area (Å²) in [7, 11) is 0. The fourth-order valence-corrected chi connectivity index (χ4v) is 7.38. The van der Waals surface area contributed by atoms with E-state index in [0.717, 1.165) is 24.8 Å². The summed E-state index contributed by atoms with van der Waals surface area (Å²) >= 11 is 6.56. The van der Waals surface area contributed by atoms with Gasteiger partial charge in [-0.25, -0.2) is 13.2 Å². The summed E-state index contributed by atoms with van der Waals surface area (Å²) in [5.41, 5.74) is 0.308. The average molecular weight is 597 g/mol. The highest BCUT2D eigenvalue weighted by molar-refractivity contribution is 6.36. The van der Waals surface area contributed by atoms with Crippen molar-refractivity contribution >= 4 is 39.1 Å². The van der Waals surface area contributed by atoms with Gasteiger partial charge in [-0.3, -0.25) is 9.88 Å². The van der Waals surface area contributed by atoms with Gasteiger partial charge >= 0.3 is 6.01 Å². The lowest BCUT2D eigenvalue weighted by atomic mass is 9.95. The summed E-state index contributed by atoms with van der Waals surface area (Å²) in [6.07, 6.45) is 2.86. The Kier molecular flexibility index (Phi) is 7.11. The third-order valence-corrected chi connectivity index (χ3v) is 9.24. The van der Waals surface area contributed by atoms with Gasteiger partial charge in [-0.05, 0) is 37.8 Å². The summed E-state index contributed by atoms with van der Waals surface area (Å²) < 4.78 is 50.9. The van der Waals surface area contributed by atoms with Crippen LogP contribution in [0.3, 0.4) is 0 Å². The number of benzene rings is 2. The molecule has 0 bridgehead atoms. The Bertz CT molecular complexity index is 1650. The zero-order valence-corrected chi connectivity index (χ0v) is 24.0. The second-order valence-corrected chi connectivity index (χ2v) is 12.3. The van der Waals surface area contributed by atoms with Crippen LogP contribution in [0.25, 0.3) is 32.9 Å². The number of hydrogen-bond donors (Lipinski definition) is 1. The number of alkyl halides is 2. The molecule has 7 rings (SSSR count). The highest BCUT2D eigenvalue weighted by atomic mass is 35.5. The summed E-state index contributed by atoms with van der Waals surface area (Å²) in [5, 5.41) is 5.71. The van der Waals surface area contributed by atoms with Gasteiger partial charge in [-0.15, -0.1) is 0 Å². The summed E-state index contributed by atoms with van der Waals surface area (Å²) in [5.74, 6) is -0.185. The molecule has 0 radical (unpaired) electrons. The zero-order chi connectivity index (χ0) is 29.0. The van der Waals surface area contributed by atoms with E-state index in [2.05, 4.69) is 20.2 Å². The first-order chi connectivity index (χ1) is 20.3. The molecule has 2 aromatic carbocycles. The third-order valence-electron chi connectivity index (χ3n) is 8.92. The molecular formula is C31H32ClF3N6O. The molecule has 3 saturated heterocycles. The minimum atomic E-state index is -0.902. The number of nitrogens with zero attached hydrogens (tertiary/aromatic N) is 5. The largest absolute Gasteiger partial charge is 0.461 e. The first-order valence-corrected chi connectivity index (χ1v) is 14.9. The molecule has 3 aliphatic heterocycles. The molecule has 0 saturated carbocycles. The van der Waals surface area contributed by atoms with Crippen molar-refractivity contribution in [2.24, 2.45) is 0 Å². The van der Waals surface area contributed by atoms with Gasteiger partial charge < -0.3 is 15.0 Å². The maximum absolute atomic E-state index is 16.6. The maximum Gasteiger partial charge on any atom is 0.319 e. The molecule has 220 valence electrons. The first kappa shape index (κ1) is 27.6. The SMILES string of the molecule is CC1CN(c2nc(OCC34CCCN3C[C@H](F)C4)nc3c(F)c(-c4cccc5cccc(Cl)c45)ncc23)CC(CF)N1. The summed E-state index contributed by atoms with van der Waals surface area (Å²) in [4.78, 5) is 17.9. The van der Waals surface area contributed by atoms with Crippen molar-refractivity contribution in [3.63, 3.8) is 0 Å². The van der Waals surface area contributed by atoms with Gasteiger partial charge in [0.1, 0.15) is 36.5 Å². The normalized spacial score (nSPS) is 26.3. The number of aromatic nitrogens is 3. The van der Waals surface area contributed by atoms with Gasteiger partial charge in [0.15, 0.2) is 5.82 Å². The Morgan fingerprint density at radius 2 is 1.98 bits per heavy atom. The highest BCUT2D eigenvalue weighted by Gasteiger charge is 2.49. The van der Waals surface area contributed by atoms with Gasteiger partial charge in [0.2, 0.25) is 0 Å². The molecule has 3 unspecified atom stereocenters. The molecule has 42 heavy (non-hydrogen) atoms. The molecule has 0 spiro atoms. The van der Waals surface area contributed by atoms with Crippen LogP contribution in [0, 0.1) is 5.82 Å². The fourth-order valence-electron chi connectivity index (χ4n) is 7.10. The fraction of sp³-hybridized carbons (Fsp3) is 0.452. The molecule has 0 amide bonds. The van der Waals surface area contributed by atoms with Crippen molar-refractivity contribution in [1.82, 2.24) is 25.2 Å². The van der Waals surface area contributed by atoms with Gasteiger partial charge in [-0.1, -0.05) is 41.9 Å². The topological polar surface area (TPSA) is 66.4 Å². The molecule has 4 aromatic rings. The Morgan fingerprint density at radius 3 is 2.81 bits per heavy atom. The number of hydrogen-bond acceptors (Lipinski definition) is 7. The van der Waals surface area contributed by atoms with Crippen molar-refractivity contribution in [1.29, 1.82) is 0 Å². The van der Waals surface area contributed by atoms with E-state index in [1.54, 1.807) is 18.3 Å². The Labute approximate surface area is 247 Å². The average Bonchev–Trinajstić information content (AvgIpc) is 3.51. The van der Waals surface area contributed by atoms with Crippen LogP contribution in [-0.2, 0) is 0 Å². The number of ether oxygens (including phenoxy) is 1. The monoisotopic (exact) mass is 596 g/mol. The Balaban J connectivity index is 1.35. The zero-order valence-electron chi connectivity index (χ0n) is 23.3. The lowest BCUT2D eigenvalue weighted by Gasteiger charge is -2.37. The van der Waals surface area contributed by atoms with Crippen molar-refractivity contribution in [3.8, 4) is 17.3 Å². The quantitative estimate of drug-likeness (QED) is 0.305. The number of nitrogens with one attached hydrogen (secondary N) is 1. The van der Waals surface area contributed by atoms with Gasteiger partial charge in [-0.2, -0.15) is 9.97 Å². The molecular weight excluding hydrogens is 565 g/mol. The molecule has 5 heterocycles. The predicted octanol–water partition coefficient (Wildman–Crippen LogP) is 5.73. The maximum atomic E-state index is 16.6. The molecule has 11 heteroatoms. The van der Waals surface area contributed by atoms with Crippen LogP contribution in [0.4, 0.5) is 19.0 Å². The van der Waals surface area contributed by atoms with E-state index in [-0.39, 0.29) is 29.9 Å². The molecule has 4 atom stereocenters. The van der Waals surface area contributed by atoms with Gasteiger partial charge in [0.05, 0.1) is 17.0 Å². The molecule has 7 nitrogen and oxygen atoms in total. The van der Waals surface area contributed by atoms with Crippen LogP contribution >= 0.6 is 11.6 Å². The number of anilines is 1. The van der Waals surface area contributed by atoms with E-state index in [1.807, 2.05) is 36.1 Å². The first-order valence-electron chi connectivity index (χ1n) is 14.5. The van der Waals surface area contributed by atoms with E-state index in [1.165, 1.54) is 0 Å². The minimum absolute atomic E-state index is 0.0102. The van der Waals surface area contributed by atoms with Gasteiger partial charge in [0, 0.05) is 54.3 Å². The van der Waals surface area contributed by atoms with Crippen LogP contribution in [-0.4, -0.2) is 83.1 Å². The molecule has 2 aromatic heterocycles. The lowest BCUT2D eigenvalue weighted by molar-refractivity contribution is 0.107. The number of fused-ring (bicyclic) bond motifs is 3. The van der Waals surface area contributed by atoms with Crippen LogP contribution in [0.15, 0.2) is 42.6 Å². The highest BCUT2D eigenvalue weighted by Crippen LogP contribution is 2.41. The van der Waals surface area contributed by atoms with Crippen LogP contribution in [0.5, 0.6) is 6.01 Å². The van der Waals surface area contributed by atoms with E-state index in [9.17, 15) is 8.78 Å². The van der Waals surface area contributed by atoms with Crippen LogP contribution < -0.4 is 15.0 Å². The van der Waals surface area contributed by atoms with E-state index >= 15 is 4.39 Å². The van der Waals surface area contributed by atoms with Crippen molar-refractivity contribution < 1.29 is 17.9 Å². The third kappa shape index (κ3) is 4.73. The van der Waals surface area contributed by atoms with Gasteiger partial charge in [0.25, 0.3) is 0 Å². The summed E-state index contributed by atoms with van der Waals surface area (Å²) in [6, 6.07) is 10.7. The van der Waals surface area contributed by atoms with Crippen LogP contribution in [0.2, 0.25) is 5.02 Å². The standard InChI is InChI=1S/C31H32ClF3N6O/c1-18-14-40(16-21(12-33)37-18)29-23-13-36-27(22-7-2-5-19-6-3-8-24(32)25(19)22)26(35)28(23)38-30(39-29)42-17-31-9-4-10-41(31)15-20(34)11-31/h2-3,5-8,13,18,20-21,37H,4,9-12,14-17H2,1H3/t18?,20-,21?,31?/m1/s1. The number of halogens is 4. The molecule has 0 aliphatic carbocycles. The number of piperazine rings is 1. The minimum Gasteiger partial charge on any atom is -0.461 e. The van der Waals surface area contributed by atoms with E-state index < -0.39 is 30.2 Å². The summed E-state index contributed by atoms with van der Waals surface area (Å²) in [6.45, 7) is 3.73. The number of pyridine rings is 1. The van der Waals surface area contributed by atoms with Crippen molar-refractivity contribution in [3.05, 3.63) is 53.4 Å². The van der Waals surface area contributed by atoms with Crippen molar-refractivity contribution in [2.45, 2.75) is 50.0 Å².